The second-order valence-electron chi connectivity index (χ2n) is 4.79. The number of amides is 1. The Labute approximate surface area is 121 Å². The van der Waals surface area contributed by atoms with E-state index in [0.717, 1.165) is 6.42 Å². The second kappa shape index (κ2) is 5.70. The first-order valence-corrected chi connectivity index (χ1v) is 7.32. The van der Waals surface area contributed by atoms with Crippen LogP contribution in [0.15, 0.2) is 36.7 Å². The number of carbonyl (C=O) groups is 1. The minimum Gasteiger partial charge on any atom is -0.335 e. The van der Waals surface area contributed by atoms with Gasteiger partial charge in [-0.1, -0.05) is 0 Å². The van der Waals surface area contributed by atoms with Crippen LogP contribution in [0.3, 0.4) is 0 Å². The number of aryl methyl sites for hydroxylation is 1. The van der Waals surface area contributed by atoms with E-state index in [9.17, 15) is 4.79 Å². The van der Waals surface area contributed by atoms with Gasteiger partial charge in [0.15, 0.2) is 0 Å². The summed E-state index contributed by atoms with van der Waals surface area (Å²) in [6, 6.07) is 7.91. The highest BCUT2D eigenvalue weighted by atomic mass is 32.1. The number of aromatic nitrogens is 1. The van der Waals surface area contributed by atoms with Gasteiger partial charge >= 0.3 is 0 Å². The van der Waals surface area contributed by atoms with E-state index in [-0.39, 0.29) is 18.1 Å². The molecule has 0 aromatic carbocycles. The first kappa shape index (κ1) is 13.2. The Morgan fingerprint density at radius 1 is 1.30 bits per heavy atom. The minimum absolute atomic E-state index is 0.0666. The molecule has 6 heteroatoms. The van der Waals surface area contributed by atoms with Crippen molar-refractivity contribution >= 4 is 17.2 Å². The summed E-state index contributed by atoms with van der Waals surface area (Å²) < 4.78 is 0. The Balaban J connectivity index is 1.59. The lowest BCUT2D eigenvalue weighted by Gasteiger charge is -2.11. The molecule has 1 amide bonds. The zero-order chi connectivity index (χ0) is 13.9. The number of hydrazine groups is 1. The molecule has 0 spiro atoms. The number of nitrogens with zero attached hydrogens (tertiary/aromatic N) is 1. The number of thiophene rings is 1. The zero-order valence-corrected chi connectivity index (χ0v) is 11.9. The van der Waals surface area contributed by atoms with Crippen molar-refractivity contribution in [3.05, 3.63) is 52.0 Å². The van der Waals surface area contributed by atoms with Gasteiger partial charge in [0.2, 0.25) is 0 Å². The van der Waals surface area contributed by atoms with Crippen molar-refractivity contribution in [1.82, 2.24) is 21.2 Å². The van der Waals surface area contributed by atoms with Crippen LogP contribution in [-0.4, -0.2) is 17.1 Å². The molecule has 20 heavy (non-hydrogen) atoms. The third-order valence-corrected chi connectivity index (χ3v) is 4.37. The Morgan fingerprint density at radius 3 is 2.80 bits per heavy atom. The summed E-state index contributed by atoms with van der Waals surface area (Å²) in [5.41, 5.74) is 6.97. The molecule has 3 N–H and O–H groups in total. The number of carbonyl (C=O) groups excluding carboxylic acids is 1. The maximum absolute atomic E-state index is 12.0. The van der Waals surface area contributed by atoms with Gasteiger partial charge in [-0.3, -0.25) is 9.78 Å². The van der Waals surface area contributed by atoms with Crippen molar-refractivity contribution in [2.75, 3.05) is 0 Å². The Bertz CT molecular complexity index is 598. The van der Waals surface area contributed by atoms with E-state index in [1.165, 1.54) is 9.75 Å². The molecule has 0 saturated carbocycles. The standard InChI is InChI=1S/C14H16N4OS/c1-9-2-3-12(20-9)11-8-13(18-17-11)16-14(19)10-4-6-15-7-5-10/h2-7,11,13,17-18H,8H2,1H3,(H,16,19). The molecule has 2 aromatic rings. The van der Waals surface area contributed by atoms with Gasteiger partial charge in [-0.25, -0.2) is 10.9 Å². The highest BCUT2D eigenvalue weighted by molar-refractivity contribution is 7.12. The van der Waals surface area contributed by atoms with Crippen molar-refractivity contribution in [1.29, 1.82) is 0 Å². The third-order valence-electron chi connectivity index (χ3n) is 3.26. The summed E-state index contributed by atoms with van der Waals surface area (Å²) in [6.45, 7) is 2.10. The van der Waals surface area contributed by atoms with Crippen LogP contribution in [0, 0.1) is 6.92 Å². The van der Waals surface area contributed by atoms with Crippen LogP contribution in [0.5, 0.6) is 0 Å². The summed E-state index contributed by atoms with van der Waals surface area (Å²) in [6.07, 6.45) is 4.00. The lowest BCUT2D eigenvalue weighted by Crippen LogP contribution is -2.44. The van der Waals surface area contributed by atoms with Crippen molar-refractivity contribution < 1.29 is 4.79 Å². The molecule has 2 unspecified atom stereocenters. The molecule has 1 aliphatic heterocycles. The summed E-state index contributed by atoms with van der Waals surface area (Å²) in [4.78, 5) is 18.5. The fourth-order valence-corrected chi connectivity index (χ4v) is 3.16. The lowest BCUT2D eigenvalue weighted by atomic mass is 10.1. The predicted octanol–water partition coefficient (Wildman–Crippen LogP) is 1.75. The predicted molar refractivity (Wildman–Crippen MR) is 78.2 cm³/mol. The Hall–Kier alpha value is -1.76. The van der Waals surface area contributed by atoms with E-state index in [1.54, 1.807) is 35.9 Å². The van der Waals surface area contributed by atoms with E-state index in [0.29, 0.717) is 5.56 Å². The first-order chi connectivity index (χ1) is 9.72. The van der Waals surface area contributed by atoms with Gasteiger partial charge in [0.1, 0.15) is 0 Å². The van der Waals surface area contributed by atoms with Crippen LogP contribution >= 0.6 is 11.3 Å². The topological polar surface area (TPSA) is 66.0 Å². The van der Waals surface area contributed by atoms with E-state index in [4.69, 9.17) is 0 Å². The van der Waals surface area contributed by atoms with Crippen molar-refractivity contribution in [2.45, 2.75) is 25.6 Å². The third kappa shape index (κ3) is 2.87. The highest BCUT2D eigenvalue weighted by Crippen LogP contribution is 2.27. The van der Waals surface area contributed by atoms with Crippen LogP contribution in [0.25, 0.3) is 0 Å². The number of pyridine rings is 1. The largest absolute Gasteiger partial charge is 0.335 e. The molecule has 3 heterocycles. The molecule has 104 valence electrons. The molecule has 2 aromatic heterocycles. The molecule has 3 rings (SSSR count). The molecule has 1 fully saturated rings. The molecule has 1 aliphatic rings. The maximum Gasteiger partial charge on any atom is 0.252 e. The molecule has 0 aliphatic carbocycles. The van der Waals surface area contributed by atoms with Gasteiger partial charge in [0.05, 0.1) is 12.2 Å². The van der Waals surface area contributed by atoms with Gasteiger partial charge in [-0.05, 0) is 31.2 Å². The number of hydrogen-bond acceptors (Lipinski definition) is 5. The minimum atomic E-state index is -0.0882. The fraction of sp³-hybridized carbons (Fsp3) is 0.286. The van der Waals surface area contributed by atoms with Crippen molar-refractivity contribution in [3.63, 3.8) is 0 Å². The van der Waals surface area contributed by atoms with Gasteiger partial charge in [0, 0.05) is 34.1 Å². The fourth-order valence-electron chi connectivity index (χ4n) is 2.22. The van der Waals surface area contributed by atoms with Gasteiger partial charge < -0.3 is 5.32 Å². The Morgan fingerprint density at radius 2 is 2.10 bits per heavy atom. The molecule has 0 radical (unpaired) electrons. The maximum atomic E-state index is 12.0. The van der Waals surface area contributed by atoms with Gasteiger partial charge in [-0.2, -0.15) is 0 Å². The monoisotopic (exact) mass is 288 g/mol. The van der Waals surface area contributed by atoms with E-state index >= 15 is 0 Å². The zero-order valence-electron chi connectivity index (χ0n) is 11.1. The normalized spacial score (nSPS) is 21.9. The molecule has 2 atom stereocenters. The van der Waals surface area contributed by atoms with Crippen LogP contribution in [0.1, 0.15) is 32.6 Å². The summed E-state index contributed by atoms with van der Waals surface area (Å²) in [5.74, 6) is -0.0882. The summed E-state index contributed by atoms with van der Waals surface area (Å²) in [5, 5.41) is 2.97. The molecule has 1 saturated heterocycles. The lowest BCUT2D eigenvalue weighted by molar-refractivity contribution is 0.0932. The average molecular weight is 288 g/mol. The average Bonchev–Trinajstić information content (AvgIpc) is 3.09. The van der Waals surface area contributed by atoms with Crippen LogP contribution < -0.4 is 16.2 Å². The van der Waals surface area contributed by atoms with E-state index in [1.807, 2.05) is 0 Å². The Kier molecular flexibility index (Phi) is 3.77. The number of nitrogens with one attached hydrogen (secondary N) is 3. The summed E-state index contributed by atoms with van der Waals surface area (Å²) in [7, 11) is 0. The summed E-state index contributed by atoms with van der Waals surface area (Å²) >= 11 is 1.78. The number of rotatable bonds is 3. The first-order valence-electron chi connectivity index (χ1n) is 6.50. The highest BCUT2D eigenvalue weighted by Gasteiger charge is 2.27. The van der Waals surface area contributed by atoms with E-state index in [2.05, 4.69) is 40.2 Å². The van der Waals surface area contributed by atoms with Gasteiger partial charge in [-0.15, -0.1) is 11.3 Å². The molecule has 0 bridgehead atoms. The van der Waals surface area contributed by atoms with Crippen molar-refractivity contribution in [3.8, 4) is 0 Å². The van der Waals surface area contributed by atoms with Crippen LogP contribution in [0.2, 0.25) is 0 Å². The second-order valence-corrected chi connectivity index (χ2v) is 6.11. The van der Waals surface area contributed by atoms with E-state index < -0.39 is 0 Å². The SMILES string of the molecule is Cc1ccc(C2CC(NC(=O)c3ccncc3)NN2)s1. The van der Waals surface area contributed by atoms with Crippen LogP contribution in [0.4, 0.5) is 0 Å². The van der Waals surface area contributed by atoms with Gasteiger partial charge in [0.25, 0.3) is 5.91 Å². The molecular weight excluding hydrogens is 272 g/mol. The van der Waals surface area contributed by atoms with Crippen LogP contribution in [-0.2, 0) is 0 Å². The quantitative estimate of drug-likeness (QED) is 0.805. The van der Waals surface area contributed by atoms with Crippen molar-refractivity contribution in [2.24, 2.45) is 0 Å². The smallest absolute Gasteiger partial charge is 0.252 e. The molecule has 5 nitrogen and oxygen atoms in total. The number of hydrogen-bond donors (Lipinski definition) is 3. The molecular formula is C14H16N4OS.